The zero-order valence-electron chi connectivity index (χ0n) is 30.6. The minimum Gasteiger partial charge on any atom is -0.427 e. The van der Waals surface area contributed by atoms with Crippen LogP contribution in [0.4, 0.5) is 0 Å². The van der Waals surface area contributed by atoms with Crippen molar-refractivity contribution in [2.24, 2.45) is 4.52 Å². The summed E-state index contributed by atoms with van der Waals surface area (Å²) in [5, 5.41) is 0. The van der Waals surface area contributed by atoms with E-state index in [1.807, 2.05) is 187 Å². The molecule has 0 saturated carbocycles. The van der Waals surface area contributed by atoms with E-state index in [1.54, 1.807) is 0 Å². The van der Waals surface area contributed by atoms with Crippen LogP contribution in [0.3, 0.4) is 0 Å². The van der Waals surface area contributed by atoms with Crippen molar-refractivity contribution in [3.05, 3.63) is 179 Å². The van der Waals surface area contributed by atoms with E-state index in [9.17, 15) is 0 Å². The van der Waals surface area contributed by atoms with Gasteiger partial charge in [-0.15, -0.1) is 9.37 Å². The lowest BCUT2D eigenvalue weighted by Crippen LogP contribution is -2.20. The summed E-state index contributed by atoms with van der Waals surface area (Å²) >= 11 is 0. The average Bonchev–Trinajstić information content (AvgIpc) is 3.14. The molecular formula is C42H43N2O6P3. The number of benzene rings is 6. The first-order chi connectivity index (χ1) is 25.7. The Labute approximate surface area is 315 Å². The third-order valence-corrected chi connectivity index (χ3v) is 13.6. The Morgan fingerprint density at radius 3 is 0.943 bits per heavy atom. The van der Waals surface area contributed by atoms with Gasteiger partial charge in [-0.25, -0.2) is 0 Å². The van der Waals surface area contributed by atoms with E-state index < -0.39 is 24.7 Å². The number of rotatable bonds is 15. The fourth-order valence-electron chi connectivity index (χ4n) is 5.00. The Morgan fingerprint density at radius 2 is 0.642 bits per heavy atom. The maximum Gasteiger partial charge on any atom is 0.443 e. The summed E-state index contributed by atoms with van der Waals surface area (Å²) < 4.78 is 46.2. The SMILES string of the molecule is Cc1ccccc1OP(N=P(NP(Oc1ccccc1C)Oc1ccccc1C)(Oc1ccccc1C)Oc1ccccc1C)Oc1ccccc1C. The van der Waals surface area contributed by atoms with Gasteiger partial charge in [0.25, 0.3) is 0 Å². The summed E-state index contributed by atoms with van der Waals surface area (Å²) in [6.45, 7) is 11.9. The van der Waals surface area contributed by atoms with Crippen LogP contribution in [0.5, 0.6) is 34.5 Å². The van der Waals surface area contributed by atoms with Crippen molar-refractivity contribution in [2.75, 3.05) is 0 Å². The molecule has 8 nitrogen and oxygen atoms in total. The molecule has 0 aliphatic rings. The van der Waals surface area contributed by atoms with Crippen LogP contribution >= 0.6 is 24.7 Å². The maximum absolute atomic E-state index is 7.05. The lowest BCUT2D eigenvalue weighted by atomic mass is 10.2. The van der Waals surface area contributed by atoms with Crippen molar-refractivity contribution in [1.29, 1.82) is 0 Å². The van der Waals surface area contributed by atoms with Gasteiger partial charge in [-0.05, 0) is 111 Å². The molecule has 6 aromatic carbocycles. The van der Waals surface area contributed by atoms with Crippen LogP contribution in [0.15, 0.2) is 150 Å². The molecule has 0 fully saturated rings. The molecule has 6 rings (SSSR count). The number of para-hydroxylation sites is 6. The van der Waals surface area contributed by atoms with E-state index >= 15 is 0 Å². The number of nitrogens with one attached hydrogen (secondary N) is 1. The molecule has 0 heterocycles. The molecule has 0 atom stereocenters. The summed E-state index contributed by atoms with van der Waals surface area (Å²) in [5.41, 5.74) is 5.49. The number of aryl methyl sites for hydroxylation is 6. The highest BCUT2D eigenvalue weighted by Gasteiger charge is 2.38. The van der Waals surface area contributed by atoms with E-state index in [0.29, 0.717) is 34.5 Å². The lowest BCUT2D eigenvalue weighted by Gasteiger charge is -2.31. The molecular weight excluding hydrogens is 721 g/mol. The highest BCUT2D eigenvalue weighted by molar-refractivity contribution is 7.71. The summed E-state index contributed by atoms with van der Waals surface area (Å²) in [6, 6.07) is 46.6. The Morgan fingerprint density at radius 1 is 0.377 bits per heavy atom. The Hall–Kier alpha value is -4.83. The molecule has 0 unspecified atom stereocenters. The first-order valence-electron chi connectivity index (χ1n) is 17.1. The van der Waals surface area contributed by atoms with Crippen LogP contribution in [0.25, 0.3) is 0 Å². The van der Waals surface area contributed by atoms with Crippen LogP contribution in [-0.4, -0.2) is 0 Å². The number of hydrogen-bond acceptors (Lipinski definition) is 7. The second-order valence-corrected chi connectivity index (χ2v) is 17.0. The normalized spacial score (nSPS) is 11.2. The van der Waals surface area contributed by atoms with Crippen LogP contribution in [-0.2, 0) is 0 Å². The van der Waals surface area contributed by atoms with Gasteiger partial charge >= 0.3 is 24.7 Å². The first kappa shape index (κ1) is 37.9. The van der Waals surface area contributed by atoms with Gasteiger partial charge in [0.2, 0.25) is 0 Å². The maximum atomic E-state index is 7.05. The fourth-order valence-corrected chi connectivity index (χ4v) is 10.9. The van der Waals surface area contributed by atoms with E-state index in [1.165, 1.54) is 0 Å². The molecule has 0 amide bonds. The minimum absolute atomic E-state index is 0.564. The molecule has 53 heavy (non-hydrogen) atoms. The van der Waals surface area contributed by atoms with Crippen molar-refractivity contribution in [3.8, 4) is 34.5 Å². The molecule has 1 N–H and O–H groups in total. The van der Waals surface area contributed by atoms with Crippen molar-refractivity contribution < 1.29 is 27.1 Å². The van der Waals surface area contributed by atoms with Crippen LogP contribution in [0.1, 0.15) is 33.4 Å². The van der Waals surface area contributed by atoms with Gasteiger partial charge in [-0.2, -0.15) is 0 Å². The molecule has 272 valence electrons. The van der Waals surface area contributed by atoms with Crippen molar-refractivity contribution in [1.82, 2.24) is 4.86 Å². The lowest BCUT2D eigenvalue weighted by molar-refractivity contribution is 0.443. The highest BCUT2D eigenvalue weighted by atomic mass is 31.3. The van der Waals surface area contributed by atoms with Gasteiger partial charge in [0.05, 0.1) is 0 Å². The fraction of sp³-hybridized carbons (Fsp3) is 0.143. The van der Waals surface area contributed by atoms with Crippen LogP contribution in [0.2, 0.25) is 0 Å². The van der Waals surface area contributed by atoms with E-state index in [2.05, 4.69) is 4.86 Å². The topological polar surface area (TPSA) is 79.8 Å². The van der Waals surface area contributed by atoms with Gasteiger partial charge in [-0.3, -0.25) is 0 Å². The summed E-state index contributed by atoms with van der Waals surface area (Å²) in [5.74, 6) is 3.65. The predicted molar refractivity (Wildman–Crippen MR) is 217 cm³/mol. The molecule has 0 aliphatic carbocycles. The predicted octanol–water partition coefficient (Wildman–Crippen LogP) is 13.3. The van der Waals surface area contributed by atoms with Crippen molar-refractivity contribution in [2.45, 2.75) is 41.5 Å². The molecule has 11 heteroatoms. The minimum atomic E-state index is -3.78. The largest absolute Gasteiger partial charge is 0.443 e. The van der Waals surface area contributed by atoms with Gasteiger partial charge in [-0.1, -0.05) is 109 Å². The number of hydrogen-bond donors (Lipinski definition) is 1. The first-order valence-corrected chi connectivity index (χ1v) is 21.0. The molecule has 0 radical (unpaired) electrons. The van der Waals surface area contributed by atoms with Crippen LogP contribution in [0, 0.1) is 41.5 Å². The molecule has 0 spiro atoms. The summed E-state index contributed by atoms with van der Waals surface area (Å²) in [4.78, 5) is 3.58. The second kappa shape index (κ2) is 17.8. The zero-order chi connectivity index (χ0) is 37.2. The van der Waals surface area contributed by atoms with E-state index in [4.69, 9.17) is 31.7 Å². The molecule has 0 bridgehead atoms. The van der Waals surface area contributed by atoms with Crippen molar-refractivity contribution in [3.63, 3.8) is 0 Å². The molecule has 6 aromatic rings. The molecule has 0 aliphatic heterocycles. The third kappa shape index (κ3) is 10.2. The Kier molecular flexibility index (Phi) is 12.7. The van der Waals surface area contributed by atoms with Gasteiger partial charge in [0.15, 0.2) is 0 Å². The van der Waals surface area contributed by atoms with Crippen LogP contribution < -0.4 is 32.0 Å². The monoisotopic (exact) mass is 764 g/mol. The standard InChI is InChI=1S/C42H43N2O6P3/c1-31-19-7-13-25-37(31)45-51(46-38-26-14-8-20-32(38)2)43-53(49-41-29-17-11-23-35(41)5,50-42-30-18-12-24-36(42)6)44-52(47-39-27-15-9-21-33(39)3)48-40-28-16-10-22-34(40)4/h7-30,43H,1-6H3. The van der Waals surface area contributed by atoms with Gasteiger partial charge < -0.3 is 27.1 Å². The van der Waals surface area contributed by atoms with E-state index in [0.717, 1.165) is 33.4 Å². The van der Waals surface area contributed by atoms with Gasteiger partial charge in [0.1, 0.15) is 34.5 Å². The summed E-state index contributed by atoms with van der Waals surface area (Å²) in [6.07, 6.45) is 0. The second-order valence-electron chi connectivity index (χ2n) is 12.3. The summed E-state index contributed by atoms with van der Waals surface area (Å²) in [7, 11) is -7.98. The molecule has 0 saturated heterocycles. The molecule has 0 aromatic heterocycles. The zero-order valence-corrected chi connectivity index (χ0v) is 33.3. The van der Waals surface area contributed by atoms with Crippen molar-refractivity contribution >= 4 is 24.7 Å². The Bertz CT molecular complexity index is 2070. The number of nitrogens with zero attached hydrogens (tertiary/aromatic N) is 1. The van der Waals surface area contributed by atoms with Gasteiger partial charge in [0, 0.05) is 0 Å². The van der Waals surface area contributed by atoms with E-state index in [-0.39, 0.29) is 0 Å². The smallest absolute Gasteiger partial charge is 0.427 e. The Balaban J connectivity index is 1.58. The third-order valence-electron chi connectivity index (χ3n) is 8.12. The average molecular weight is 765 g/mol. The quantitative estimate of drug-likeness (QED) is 0.104. The highest BCUT2D eigenvalue weighted by Crippen LogP contribution is 2.62.